The number of hydrogen-bond acceptors (Lipinski definition) is 11. The third-order valence-electron chi connectivity index (χ3n) is 10.2. The third-order valence-corrected chi connectivity index (χ3v) is 10.9. The maximum Gasteiger partial charge on any atom is 0.306 e. The van der Waals surface area contributed by atoms with E-state index in [0.717, 1.165) is 64.2 Å². The number of aliphatic hydroxyl groups is 3. The Hall–Kier alpha value is -2.13. The molecule has 6 atom stereocenters. The zero-order valence-corrected chi connectivity index (χ0v) is 36.7. The predicted octanol–water partition coefficient (Wildman–Crippen LogP) is 9.00. The molecule has 1 aliphatic heterocycles. The Kier molecular flexibility index (Phi) is 33.1. The van der Waals surface area contributed by atoms with Crippen molar-refractivity contribution in [3.05, 3.63) is 36.5 Å². The van der Waals surface area contributed by atoms with E-state index in [2.05, 4.69) is 50.3 Å². The van der Waals surface area contributed by atoms with Gasteiger partial charge in [-0.3, -0.25) is 14.1 Å². The summed E-state index contributed by atoms with van der Waals surface area (Å²) in [7, 11) is -4.60. The molecule has 0 bridgehead atoms. The summed E-state index contributed by atoms with van der Waals surface area (Å²) in [5.74, 6) is -2.03. The maximum atomic E-state index is 12.8. The number of aliphatic hydroxyl groups excluding tert-OH is 3. The van der Waals surface area contributed by atoms with E-state index >= 15 is 0 Å². The lowest BCUT2D eigenvalue weighted by Crippen LogP contribution is -2.60. The summed E-state index contributed by atoms with van der Waals surface area (Å²) in [6.07, 6.45) is 30.5. The molecule has 0 radical (unpaired) electrons. The molecule has 2 unspecified atom stereocenters. The van der Waals surface area contributed by atoms with Gasteiger partial charge in [-0.1, -0.05) is 134 Å². The average Bonchev–Trinajstić information content (AvgIpc) is 3.18. The van der Waals surface area contributed by atoms with Gasteiger partial charge in [0, 0.05) is 12.8 Å². The zero-order chi connectivity index (χ0) is 42.7. The van der Waals surface area contributed by atoms with Gasteiger partial charge in [0.2, 0.25) is 0 Å². The largest absolute Gasteiger partial charge is 0.462 e. The first kappa shape index (κ1) is 53.9. The summed E-state index contributed by atoms with van der Waals surface area (Å²) >= 11 is 0. The van der Waals surface area contributed by atoms with Crippen LogP contribution in [0, 0.1) is 0 Å². The fourth-order valence-corrected chi connectivity index (χ4v) is 7.33. The fraction of sp³-hybridized carbons (Fsp3) is 0.822. The number of ether oxygens (including phenoxy) is 4. The molecule has 58 heavy (non-hydrogen) atoms. The lowest BCUT2D eigenvalue weighted by molar-refractivity contribution is -0.297. The second-order valence-corrected chi connectivity index (χ2v) is 17.2. The highest BCUT2D eigenvalue weighted by Crippen LogP contribution is 2.24. The van der Waals surface area contributed by atoms with E-state index in [4.69, 9.17) is 18.9 Å². The Morgan fingerprint density at radius 3 is 1.60 bits per heavy atom. The second kappa shape index (κ2) is 35.6. The van der Waals surface area contributed by atoms with Crippen LogP contribution in [0.3, 0.4) is 0 Å². The van der Waals surface area contributed by atoms with Gasteiger partial charge in [0.15, 0.2) is 12.4 Å². The van der Waals surface area contributed by atoms with Crippen LogP contribution in [0.25, 0.3) is 0 Å². The molecule has 1 fully saturated rings. The van der Waals surface area contributed by atoms with Crippen LogP contribution in [0.15, 0.2) is 36.5 Å². The molecule has 0 saturated carbocycles. The minimum atomic E-state index is -4.60. The van der Waals surface area contributed by atoms with Gasteiger partial charge in [0.25, 0.3) is 10.1 Å². The lowest BCUT2D eigenvalue weighted by atomic mass is 10.00. The molecule has 0 spiro atoms. The van der Waals surface area contributed by atoms with Gasteiger partial charge in [0.1, 0.15) is 36.8 Å². The van der Waals surface area contributed by atoms with Gasteiger partial charge < -0.3 is 34.3 Å². The predicted molar refractivity (Wildman–Crippen MR) is 229 cm³/mol. The molecule has 1 aliphatic rings. The second-order valence-electron chi connectivity index (χ2n) is 15.7. The Labute approximate surface area is 351 Å². The maximum absolute atomic E-state index is 12.8. The van der Waals surface area contributed by atoms with Gasteiger partial charge in [-0.25, -0.2) is 0 Å². The highest BCUT2D eigenvalue weighted by molar-refractivity contribution is 7.85. The monoisotopic (exact) mass is 845 g/mol. The highest BCUT2D eigenvalue weighted by atomic mass is 32.2. The summed E-state index contributed by atoms with van der Waals surface area (Å²) in [5, 5.41) is 30.9. The van der Waals surface area contributed by atoms with E-state index in [1.807, 2.05) is 0 Å². The molecule has 0 amide bonds. The van der Waals surface area contributed by atoms with Gasteiger partial charge in [0.05, 0.1) is 6.61 Å². The van der Waals surface area contributed by atoms with Crippen LogP contribution in [-0.4, -0.2) is 96.0 Å². The smallest absolute Gasteiger partial charge is 0.306 e. The third kappa shape index (κ3) is 30.0. The van der Waals surface area contributed by atoms with Gasteiger partial charge in [-0.2, -0.15) is 8.42 Å². The Morgan fingerprint density at radius 2 is 1.03 bits per heavy atom. The van der Waals surface area contributed by atoms with Gasteiger partial charge in [-0.05, 0) is 70.6 Å². The van der Waals surface area contributed by atoms with Crippen molar-refractivity contribution in [3.63, 3.8) is 0 Å². The molecule has 338 valence electrons. The highest BCUT2D eigenvalue weighted by Gasteiger charge is 2.46. The van der Waals surface area contributed by atoms with E-state index < -0.39 is 71.2 Å². The molecule has 13 heteroatoms. The minimum Gasteiger partial charge on any atom is -0.462 e. The molecule has 1 saturated heterocycles. The molecule has 0 aliphatic carbocycles. The number of allylic oxidation sites excluding steroid dienone is 6. The SMILES string of the molecule is CCCCC/C=C/C/C=C/CCCCCCCC(=O)O[C@H](COC(=O)CCCC/C=C/CCCCCCCCCCC)CO[C@H]1O[C@H](CS(=O)(=O)O)[C@@H](O)C(O)C1O. The molecule has 0 aromatic heterocycles. The number of hydrogen-bond donors (Lipinski definition) is 4. The molecule has 0 aromatic rings. The van der Waals surface area contributed by atoms with E-state index in [0.29, 0.717) is 12.8 Å². The Morgan fingerprint density at radius 1 is 0.586 bits per heavy atom. The average molecular weight is 845 g/mol. The van der Waals surface area contributed by atoms with E-state index in [9.17, 15) is 37.9 Å². The van der Waals surface area contributed by atoms with Crippen LogP contribution in [0.1, 0.15) is 181 Å². The van der Waals surface area contributed by atoms with Crippen LogP contribution in [-0.2, 0) is 38.7 Å². The van der Waals surface area contributed by atoms with Crippen molar-refractivity contribution in [3.8, 4) is 0 Å². The van der Waals surface area contributed by atoms with Crippen molar-refractivity contribution in [1.29, 1.82) is 0 Å². The molecule has 0 aromatic carbocycles. The van der Waals surface area contributed by atoms with Crippen LogP contribution < -0.4 is 0 Å². The number of unbranched alkanes of at least 4 members (excludes halogenated alkanes) is 19. The normalized spacial score (nSPS) is 20.7. The van der Waals surface area contributed by atoms with Crippen molar-refractivity contribution in [2.24, 2.45) is 0 Å². The van der Waals surface area contributed by atoms with Crippen molar-refractivity contribution < 1.29 is 56.8 Å². The van der Waals surface area contributed by atoms with E-state index in [1.54, 1.807) is 0 Å². The van der Waals surface area contributed by atoms with E-state index in [1.165, 1.54) is 77.0 Å². The molecular weight excluding hydrogens is 765 g/mol. The van der Waals surface area contributed by atoms with Crippen LogP contribution in [0.5, 0.6) is 0 Å². The Balaban J connectivity index is 2.48. The van der Waals surface area contributed by atoms with Crippen molar-refractivity contribution in [2.75, 3.05) is 19.0 Å². The van der Waals surface area contributed by atoms with Crippen LogP contribution in [0.4, 0.5) is 0 Å². The molecule has 12 nitrogen and oxygen atoms in total. The Bertz CT molecular complexity index is 1220. The number of rotatable bonds is 37. The number of carbonyl (C=O) groups excluding carboxylic acids is 2. The summed E-state index contributed by atoms with van der Waals surface area (Å²) < 4.78 is 54.0. The molecular formula is C45H80O12S. The molecule has 1 rings (SSSR count). The van der Waals surface area contributed by atoms with Crippen molar-refractivity contribution in [1.82, 2.24) is 0 Å². The van der Waals surface area contributed by atoms with Gasteiger partial charge in [-0.15, -0.1) is 0 Å². The van der Waals surface area contributed by atoms with Crippen LogP contribution >= 0.6 is 0 Å². The first-order chi connectivity index (χ1) is 28.0. The molecule has 4 N–H and O–H groups in total. The van der Waals surface area contributed by atoms with Gasteiger partial charge >= 0.3 is 11.9 Å². The number of carbonyl (C=O) groups is 2. The first-order valence-electron chi connectivity index (χ1n) is 22.5. The van der Waals surface area contributed by atoms with Crippen molar-refractivity contribution in [2.45, 2.75) is 218 Å². The zero-order valence-electron chi connectivity index (χ0n) is 35.9. The molecule has 1 heterocycles. The summed E-state index contributed by atoms with van der Waals surface area (Å²) in [6, 6.07) is 0. The van der Waals surface area contributed by atoms with Crippen molar-refractivity contribution >= 4 is 22.1 Å². The minimum absolute atomic E-state index is 0.144. The quantitative estimate of drug-likeness (QED) is 0.0202. The standard InChI is InChI=1S/C45H80O12S/c1-3-5-7-9-11-13-15-17-19-21-23-25-27-29-31-33-40(46)54-35-38(36-55-45-44(50)43(49)42(48)39(57-45)37-58(51,52)53)56-41(47)34-32-30-28-26-24-22-20-18-16-14-12-10-8-6-4-2/h12,14,18,20,23,25,38-39,42-45,48-50H,3-11,13,15-17,19,21-22,24,26-37H2,1-2H3,(H,51,52,53)/b14-12+,20-18+,25-23+/t38-,39-,42-,43?,44?,45+/m1/s1. The summed E-state index contributed by atoms with van der Waals surface area (Å²) in [4.78, 5) is 25.4. The van der Waals surface area contributed by atoms with Crippen LogP contribution in [0.2, 0.25) is 0 Å². The summed E-state index contributed by atoms with van der Waals surface area (Å²) in [6.45, 7) is 3.70. The fourth-order valence-electron chi connectivity index (χ4n) is 6.64. The van der Waals surface area contributed by atoms with E-state index in [-0.39, 0.29) is 19.4 Å². The summed E-state index contributed by atoms with van der Waals surface area (Å²) in [5.41, 5.74) is 0. The number of esters is 2. The lowest BCUT2D eigenvalue weighted by Gasteiger charge is -2.40. The topological polar surface area (TPSA) is 186 Å². The first-order valence-corrected chi connectivity index (χ1v) is 24.2.